The van der Waals surface area contributed by atoms with E-state index in [0.717, 1.165) is 37.0 Å². The van der Waals surface area contributed by atoms with E-state index in [2.05, 4.69) is 10.1 Å². The highest BCUT2D eigenvalue weighted by molar-refractivity contribution is 6.39. The summed E-state index contributed by atoms with van der Waals surface area (Å²) >= 11 is 13.0. The molecular weight excluding hydrogens is 542 g/mol. The third-order valence-electron chi connectivity index (χ3n) is 7.78. The molecule has 6 nitrogen and oxygen atoms in total. The predicted molar refractivity (Wildman–Crippen MR) is 148 cm³/mol. The summed E-state index contributed by atoms with van der Waals surface area (Å²) in [6.07, 6.45) is 3.91. The number of esters is 1. The lowest BCUT2D eigenvalue weighted by atomic mass is 10.0. The Morgan fingerprint density at radius 3 is 2.51 bits per heavy atom. The average molecular weight is 573 g/mol. The quantitative estimate of drug-likeness (QED) is 0.269. The molecule has 0 unspecified atom stereocenters. The van der Waals surface area contributed by atoms with Crippen molar-refractivity contribution in [2.75, 3.05) is 11.4 Å². The van der Waals surface area contributed by atoms with Crippen molar-refractivity contribution >= 4 is 34.9 Å². The van der Waals surface area contributed by atoms with Gasteiger partial charge in [-0.15, -0.1) is 0 Å². The highest BCUT2D eigenvalue weighted by Crippen LogP contribution is 2.47. The zero-order valence-electron chi connectivity index (χ0n) is 22.2. The molecular formula is C30H31Cl2FN2O4. The zero-order chi connectivity index (χ0) is 27.5. The molecule has 206 valence electrons. The van der Waals surface area contributed by atoms with E-state index in [-0.39, 0.29) is 23.6 Å². The van der Waals surface area contributed by atoms with E-state index in [4.69, 9.17) is 37.2 Å². The molecule has 2 saturated carbocycles. The average Bonchev–Trinajstić information content (AvgIpc) is 3.32. The number of halogens is 3. The molecule has 3 aromatic rings. The van der Waals surface area contributed by atoms with E-state index in [1.54, 1.807) is 51.1 Å². The lowest BCUT2D eigenvalue weighted by molar-refractivity contribution is 0.00690. The number of nitrogens with zero attached hydrogens (tertiary/aromatic N) is 2. The summed E-state index contributed by atoms with van der Waals surface area (Å²) in [5.74, 6) is 0.548. The minimum Gasteiger partial charge on any atom is -0.456 e. The Kier molecular flexibility index (Phi) is 6.89. The van der Waals surface area contributed by atoms with Crippen molar-refractivity contribution in [2.24, 2.45) is 5.92 Å². The molecule has 1 aliphatic heterocycles. The largest absolute Gasteiger partial charge is 0.456 e. The summed E-state index contributed by atoms with van der Waals surface area (Å²) in [5.41, 5.74) is 2.31. The summed E-state index contributed by atoms with van der Waals surface area (Å²) in [7, 11) is 0. The number of hydrogen-bond acceptors (Lipinski definition) is 6. The monoisotopic (exact) mass is 572 g/mol. The normalized spacial score (nSPS) is 22.5. The Morgan fingerprint density at radius 1 is 1.15 bits per heavy atom. The maximum Gasteiger partial charge on any atom is 0.338 e. The van der Waals surface area contributed by atoms with Crippen molar-refractivity contribution in [1.29, 1.82) is 0 Å². The zero-order valence-corrected chi connectivity index (χ0v) is 23.7. The number of benzene rings is 2. The van der Waals surface area contributed by atoms with Crippen LogP contribution >= 0.6 is 23.2 Å². The molecule has 2 bridgehead atoms. The van der Waals surface area contributed by atoms with Gasteiger partial charge in [-0.05, 0) is 76.8 Å². The van der Waals surface area contributed by atoms with Gasteiger partial charge in [0.1, 0.15) is 22.9 Å². The number of hydrogen-bond donors (Lipinski definition) is 0. The molecule has 2 aromatic carbocycles. The smallest absolute Gasteiger partial charge is 0.338 e. The number of anilines is 1. The van der Waals surface area contributed by atoms with Gasteiger partial charge in [-0.25, -0.2) is 9.18 Å². The fourth-order valence-corrected chi connectivity index (χ4v) is 6.42. The number of carbonyl (C=O) groups excluding carboxylic acids is 1. The molecule has 3 fully saturated rings. The van der Waals surface area contributed by atoms with Crippen LogP contribution < -0.4 is 4.90 Å². The number of fused-ring (bicyclic) bond motifs is 2. The molecule has 39 heavy (non-hydrogen) atoms. The molecule has 3 atom stereocenters. The number of rotatable bonds is 7. The number of ether oxygens (including phenoxy) is 2. The Balaban J connectivity index is 1.14. The number of piperidine rings is 1. The van der Waals surface area contributed by atoms with Gasteiger partial charge in [0.25, 0.3) is 0 Å². The second-order valence-corrected chi connectivity index (χ2v) is 12.6. The topological polar surface area (TPSA) is 64.8 Å². The van der Waals surface area contributed by atoms with E-state index in [0.29, 0.717) is 46.1 Å². The first kappa shape index (κ1) is 26.6. The first-order valence-electron chi connectivity index (χ1n) is 13.4. The van der Waals surface area contributed by atoms with Crippen LogP contribution in [0.25, 0.3) is 11.3 Å². The molecule has 9 heteroatoms. The molecule has 0 radical (unpaired) electrons. The van der Waals surface area contributed by atoms with Gasteiger partial charge in [0, 0.05) is 35.5 Å². The molecule has 1 aromatic heterocycles. The minimum atomic E-state index is -0.637. The molecule has 3 aliphatic rings. The predicted octanol–water partition coefficient (Wildman–Crippen LogP) is 7.80. The Hall–Kier alpha value is -2.61. The highest BCUT2D eigenvalue weighted by atomic mass is 35.5. The van der Waals surface area contributed by atoms with Gasteiger partial charge in [0.2, 0.25) is 0 Å². The van der Waals surface area contributed by atoms with Crippen LogP contribution in [0.5, 0.6) is 0 Å². The fraction of sp³-hybridized carbons (Fsp3) is 0.467. The van der Waals surface area contributed by atoms with Gasteiger partial charge in [-0.2, -0.15) is 0 Å². The molecule has 0 amide bonds. The second kappa shape index (κ2) is 10.1. The van der Waals surface area contributed by atoms with E-state index >= 15 is 4.39 Å². The molecule has 1 saturated heterocycles. The van der Waals surface area contributed by atoms with Gasteiger partial charge in [-0.1, -0.05) is 34.4 Å². The molecule has 2 heterocycles. The van der Waals surface area contributed by atoms with Crippen molar-refractivity contribution in [3.63, 3.8) is 0 Å². The lowest BCUT2D eigenvalue weighted by Crippen LogP contribution is -2.39. The summed E-state index contributed by atoms with van der Waals surface area (Å²) in [5, 5.41) is 5.40. The third kappa shape index (κ3) is 5.29. The maximum absolute atomic E-state index is 15.1. The first-order chi connectivity index (χ1) is 18.6. The summed E-state index contributed by atoms with van der Waals surface area (Å²) < 4.78 is 32.8. The fourth-order valence-electron chi connectivity index (χ4n) is 5.85. The Labute approximate surface area is 237 Å². The van der Waals surface area contributed by atoms with Gasteiger partial charge in [-0.3, -0.25) is 0 Å². The van der Waals surface area contributed by atoms with Crippen molar-refractivity contribution in [3.8, 4) is 11.3 Å². The van der Waals surface area contributed by atoms with Crippen LogP contribution in [0.1, 0.15) is 74.1 Å². The molecule has 0 N–H and O–H groups in total. The van der Waals surface area contributed by atoms with E-state index in [1.165, 1.54) is 6.07 Å². The standard InChI is InChI=1S/C30H31Cl2FN2O4/c1-30(2,3)38-29(36)17-9-10-24(23(33)12-17)35-14-18-11-19(35)13-25(18)37-15-20-27(34-39-28(20)16-7-8-16)26-21(31)5-4-6-22(26)32/h4-6,9-10,12,16,18-19,25H,7-8,11,13-15H2,1-3H3/t18-,19-,25+/m0/s1. The Bertz CT molecular complexity index is 1390. The first-order valence-corrected chi connectivity index (χ1v) is 14.2. The number of aromatic nitrogens is 1. The molecule has 2 aliphatic carbocycles. The van der Waals surface area contributed by atoms with Crippen molar-refractivity contribution in [3.05, 3.63) is 69.1 Å². The van der Waals surface area contributed by atoms with Gasteiger partial charge in [0.15, 0.2) is 0 Å². The number of carbonyl (C=O) groups is 1. The second-order valence-electron chi connectivity index (χ2n) is 11.8. The van der Waals surface area contributed by atoms with Crippen molar-refractivity contribution in [2.45, 2.75) is 76.7 Å². The lowest BCUT2D eigenvalue weighted by Gasteiger charge is -2.33. The van der Waals surface area contributed by atoms with Crippen LogP contribution in [0.2, 0.25) is 10.0 Å². The van der Waals surface area contributed by atoms with Crippen molar-refractivity contribution in [1.82, 2.24) is 5.16 Å². The van der Waals surface area contributed by atoms with Crippen LogP contribution in [0.15, 0.2) is 40.9 Å². The summed E-state index contributed by atoms with van der Waals surface area (Å²) in [6, 6.07) is 10.2. The van der Waals surface area contributed by atoms with Crippen molar-refractivity contribution < 1.29 is 23.2 Å². The van der Waals surface area contributed by atoms with Crippen LogP contribution in [0.3, 0.4) is 0 Å². The Morgan fingerprint density at radius 2 is 1.90 bits per heavy atom. The van der Waals surface area contributed by atoms with E-state index in [1.807, 2.05) is 0 Å². The van der Waals surface area contributed by atoms with Gasteiger partial charge in [0.05, 0.1) is 34.0 Å². The van der Waals surface area contributed by atoms with E-state index < -0.39 is 17.4 Å². The SMILES string of the molecule is CC(C)(C)OC(=O)c1ccc(N2C[C@@H]3C[C@H]2C[C@H]3OCc2c(-c3c(Cl)cccc3Cl)noc2C2CC2)c(F)c1. The summed E-state index contributed by atoms with van der Waals surface area (Å²) in [4.78, 5) is 14.5. The van der Waals surface area contributed by atoms with E-state index in [9.17, 15) is 4.79 Å². The van der Waals surface area contributed by atoms with Crippen LogP contribution in [-0.4, -0.2) is 35.4 Å². The van der Waals surface area contributed by atoms with Gasteiger partial charge >= 0.3 is 5.97 Å². The third-order valence-corrected chi connectivity index (χ3v) is 8.41. The molecule has 0 spiro atoms. The minimum absolute atomic E-state index is 0.0480. The van der Waals surface area contributed by atoms with Gasteiger partial charge < -0.3 is 18.9 Å². The van der Waals surface area contributed by atoms with Crippen LogP contribution in [0.4, 0.5) is 10.1 Å². The van der Waals surface area contributed by atoms with Crippen LogP contribution in [-0.2, 0) is 16.1 Å². The summed E-state index contributed by atoms with van der Waals surface area (Å²) in [6.45, 7) is 6.42. The maximum atomic E-state index is 15.1. The highest BCUT2D eigenvalue weighted by Gasteiger charge is 2.46. The van der Waals surface area contributed by atoms with Crippen LogP contribution in [0, 0.1) is 11.7 Å². The molecule has 6 rings (SSSR count).